The first-order valence-corrected chi connectivity index (χ1v) is 6.42. The molecule has 0 bridgehead atoms. The van der Waals surface area contributed by atoms with Crippen LogP contribution in [0.1, 0.15) is 11.3 Å². The number of hydrogen-bond donors (Lipinski definition) is 0. The number of hydrogen-bond acceptors (Lipinski definition) is 2. The van der Waals surface area contributed by atoms with Crippen molar-refractivity contribution < 1.29 is 0 Å². The third-order valence-electron chi connectivity index (χ3n) is 2.34. The molecule has 0 unspecified atom stereocenters. The van der Waals surface area contributed by atoms with Crippen LogP contribution in [-0.4, -0.2) is 10.7 Å². The molecule has 82 valence electrons. The lowest BCUT2D eigenvalue weighted by Crippen LogP contribution is -1.91. The molecule has 1 heterocycles. The summed E-state index contributed by atoms with van der Waals surface area (Å²) in [6.45, 7) is 2.13. The van der Waals surface area contributed by atoms with Crippen LogP contribution < -0.4 is 0 Å². The molecule has 0 saturated heterocycles. The quantitative estimate of drug-likeness (QED) is 0.741. The second-order valence-corrected chi connectivity index (χ2v) is 4.90. The summed E-state index contributed by atoms with van der Waals surface area (Å²) < 4.78 is 0. The highest BCUT2D eigenvalue weighted by Crippen LogP contribution is 2.19. The number of nitrogens with zero attached hydrogens (tertiary/aromatic N) is 1. The van der Waals surface area contributed by atoms with Crippen LogP contribution in [-0.2, 0) is 6.42 Å². The molecule has 16 heavy (non-hydrogen) atoms. The Hall–Kier alpha value is -1.28. The predicted molar refractivity (Wildman–Crippen MR) is 69.8 cm³/mol. The lowest BCUT2D eigenvalue weighted by molar-refractivity contribution is 1.05. The predicted octanol–water partition coefficient (Wildman–Crippen LogP) is 3.72. The Morgan fingerprint density at radius 3 is 2.81 bits per heavy atom. The molecule has 1 aromatic carbocycles. The van der Waals surface area contributed by atoms with E-state index in [0.717, 1.165) is 12.2 Å². The number of pyridine rings is 1. The summed E-state index contributed by atoms with van der Waals surface area (Å²) in [5.41, 5.74) is 2.49. The lowest BCUT2D eigenvalue weighted by Gasteiger charge is -2.02. The molecule has 2 aromatic rings. The zero-order chi connectivity index (χ0) is 11.2. The zero-order valence-corrected chi connectivity index (χ0v) is 10.2. The monoisotopic (exact) mass is 229 g/mol. The molecule has 2 heteroatoms. The number of aromatic nitrogens is 1. The van der Waals surface area contributed by atoms with E-state index in [9.17, 15) is 0 Å². The molecule has 0 aliphatic rings. The van der Waals surface area contributed by atoms with E-state index in [4.69, 9.17) is 0 Å². The maximum absolute atomic E-state index is 4.31. The average molecular weight is 229 g/mol. The summed E-state index contributed by atoms with van der Waals surface area (Å²) in [7, 11) is 0. The smallest absolute Gasteiger partial charge is 0.0411 e. The fourth-order valence-corrected chi connectivity index (χ4v) is 2.52. The van der Waals surface area contributed by atoms with Crippen LogP contribution in [0.5, 0.6) is 0 Å². The summed E-state index contributed by atoms with van der Waals surface area (Å²) in [6, 6.07) is 14.7. The minimum atomic E-state index is 1.03. The molecule has 0 amide bonds. The Labute approximate surface area is 101 Å². The van der Waals surface area contributed by atoms with Gasteiger partial charge in [-0.05, 0) is 37.6 Å². The molecule has 0 fully saturated rings. The van der Waals surface area contributed by atoms with Crippen molar-refractivity contribution in [1.29, 1.82) is 0 Å². The molecule has 0 radical (unpaired) electrons. The minimum Gasteiger partial charge on any atom is -0.261 e. The summed E-state index contributed by atoms with van der Waals surface area (Å²) in [6.07, 6.45) is 2.88. The Bertz CT molecular complexity index is 439. The van der Waals surface area contributed by atoms with Gasteiger partial charge in [0.1, 0.15) is 0 Å². The van der Waals surface area contributed by atoms with Crippen LogP contribution in [0.25, 0.3) is 0 Å². The van der Waals surface area contributed by atoms with E-state index in [2.05, 4.69) is 42.2 Å². The molecular formula is C14H15NS. The molecule has 0 spiro atoms. The van der Waals surface area contributed by atoms with Gasteiger partial charge < -0.3 is 0 Å². The highest BCUT2D eigenvalue weighted by Gasteiger charge is 1.96. The van der Waals surface area contributed by atoms with Gasteiger partial charge in [0.05, 0.1) is 0 Å². The molecule has 0 N–H and O–H groups in total. The first-order chi connectivity index (χ1) is 7.84. The highest BCUT2D eigenvalue weighted by atomic mass is 32.2. The van der Waals surface area contributed by atoms with E-state index >= 15 is 0 Å². The summed E-state index contributed by atoms with van der Waals surface area (Å²) in [5.74, 6) is 1.08. The Kier molecular flexibility index (Phi) is 4.00. The number of thioether (sulfide) groups is 1. The second kappa shape index (κ2) is 5.71. The normalized spacial score (nSPS) is 10.3. The minimum absolute atomic E-state index is 1.03. The second-order valence-electron chi connectivity index (χ2n) is 3.74. The fraction of sp³-hybridized carbons (Fsp3) is 0.214. The first-order valence-electron chi connectivity index (χ1n) is 5.44. The molecule has 0 saturated carbocycles. The lowest BCUT2D eigenvalue weighted by atomic mass is 10.2. The third kappa shape index (κ3) is 3.38. The van der Waals surface area contributed by atoms with Crippen molar-refractivity contribution in [3.63, 3.8) is 0 Å². The largest absolute Gasteiger partial charge is 0.261 e. The van der Waals surface area contributed by atoms with E-state index in [0.29, 0.717) is 0 Å². The van der Waals surface area contributed by atoms with Crippen LogP contribution >= 0.6 is 11.8 Å². The standard InChI is InChI=1S/C14H15NS/c1-12-5-4-7-14(11-12)16-10-8-13-6-2-3-9-15-13/h2-7,9,11H,8,10H2,1H3. The van der Waals surface area contributed by atoms with Gasteiger partial charge in [-0.3, -0.25) is 4.98 Å². The van der Waals surface area contributed by atoms with Crippen LogP contribution in [0.4, 0.5) is 0 Å². The van der Waals surface area contributed by atoms with Gasteiger partial charge in [-0.2, -0.15) is 0 Å². The number of benzene rings is 1. The molecule has 0 aliphatic carbocycles. The fourth-order valence-electron chi connectivity index (χ4n) is 1.52. The maximum Gasteiger partial charge on any atom is 0.0411 e. The van der Waals surface area contributed by atoms with E-state index in [1.165, 1.54) is 16.2 Å². The van der Waals surface area contributed by atoms with Gasteiger partial charge in [0, 0.05) is 22.5 Å². The van der Waals surface area contributed by atoms with E-state index in [1.807, 2.05) is 30.1 Å². The van der Waals surface area contributed by atoms with Crippen molar-refractivity contribution in [2.45, 2.75) is 18.2 Å². The van der Waals surface area contributed by atoms with Crippen LogP contribution in [0, 0.1) is 6.92 Å². The number of aryl methyl sites for hydroxylation is 2. The molecule has 1 aromatic heterocycles. The van der Waals surface area contributed by atoms with Crippen molar-refractivity contribution in [2.24, 2.45) is 0 Å². The van der Waals surface area contributed by atoms with Crippen LogP contribution in [0.3, 0.4) is 0 Å². The number of rotatable bonds is 4. The Morgan fingerprint density at radius 1 is 1.12 bits per heavy atom. The van der Waals surface area contributed by atoms with Gasteiger partial charge >= 0.3 is 0 Å². The van der Waals surface area contributed by atoms with Gasteiger partial charge in [-0.25, -0.2) is 0 Å². The van der Waals surface area contributed by atoms with Crippen LogP contribution in [0.15, 0.2) is 53.6 Å². The molecular weight excluding hydrogens is 214 g/mol. The van der Waals surface area contributed by atoms with Crippen molar-refractivity contribution >= 4 is 11.8 Å². The van der Waals surface area contributed by atoms with Gasteiger partial charge in [0.25, 0.3) is 0 Å². The van der Waals surface area contributed by atoms with E-state index < -0.39 is 0 Å². The van der Waals surface area contributed by atoms with E-state index in [-0.39, 0.29) is 0 Å². The van der Waals surface area contributed by atoms with Crippen LogP contribution in [0.2, 0.25) is 0 Å². The van der Waals surface area contributed by atoms with Gasteiger partial charge in [0.2, 0.25) is 0 Å². The first kappa shape index (κ1) is 11.2. The molecule has 2 rings (SSSR count). The van der Waals surface area contributed by atoms with Gasteiger partial charge in [-0.1, -0.05) is 23.8 Å². The summed E-state index contributed by atoms with van der Waals surface area (Å²) in [5, 5.41) is 0. The van der Waals surface area contributed by atoms with E-state index in [1.54, 1.807) is 0 Å². The maximum atomic E-state index is 4.31. The zero-order valence-electron chi connectivity index (χ0n) is 9.39. The van der Waals surface area contributed by atoms with Crippen molar-refractivity contribution in [3.05, 3.63) is 59.9 Å². The third-order valence-corrected chi connectivity index (χ3v) is 3.34. The van der Waals surface area contributed by atoms with Crippen molar-refractivity contribution in [3.8, 4) is 0 Å². The van der Waals surface area contributed by atoms with Crippen molar-refractivity contribution in [1.82, 2.24) is 4.98 Å². The highest BCUT2D eigenvalue weighted by molar-refractivity contribution is 7.99. The average Bonchev–Trinajstić information content (AvgIpc) is 2.30. The molecule has 0 atom stereocenters. The Balaban J connectivity index is 1.85. The Morgan fingerprint density at radius 2 is 2.06 bits per heavy atom. The summed E-state index contributed by atoms with van der Waals surface area (Å²) in [4.78, 5) is 5.66. The van der Waals surface area contributed by atoms with Crippen molar-refractivity contribution in [2.75, 3.05) is 5.75 Å². The molecule has 1 nitrogen and oxygen atoms in total. The summed E-state index contributed by atoms with van der Waals surface area (Å²) >= 11 is 1.89. The SMILES string of the molecule is Cc1cccc(SCCc2ccccn2)c1. The van der Waals surface area contributed by atoms with Gasteiger partial charge in [0.15, 0.2) is 0 Å². The topological polar surface area (TPSA) is 12.9 Å². The van der Waals surface area contributed by atoms with Gasteiger partial charge in [-0.15, -0.1) is 11.8 Å². The molecule has 0 aliphatic heterocycles.